The fourth-order valence-electron chi connectivity index (χ4n) is 3.86. The molecule has 1 aliphatic rings. The number of aliphatic hydroxyl groups excluding tert-OH is 1. The molecular formula is C24H29N5O2. The second-order valence-electron chi connectivity index (χ2n) is 7.94. The number of hydrogen-bond acceptors (Lipinski definition) is 4. The Labute approximate surface area is 182 Å². The molecule has 3 aromatic rings. The number of aliphatic hydroxyl groups is 1. The van der Waals surface area contributed by atoms with Gasteiger partial charge in [-0.2, -0.15) is 5.10 Å². The first-order valence-corrected chi connectivity index (χ1v) is 10.8. The number of rotatable bonds is 7. The normalized spacial score (nSPS) is 14.4. The van der Waals surface area contributed by atoms with E-state index in [0.29, 0.717) is 19.0 Å². The van der Waals surface area contributed by atoms with Gasteiger partial charge in [0.1, 0.15) is 0 Å². The monoisotopic (exact) mass is 419 g/mol. The summed E-state index contributed by atoms with van der Waals surface area (Å²) in [6.07, 6.45) is 5.70. The molecule has 1 aliphatic heterocycles. The lowest BCUT2D eigenvalue weighted by molar-refractivity contribution is 0.203. The van der Waals surface area contributed by atoms with Crippen molar-refractivity contribution in [3.63, 3.8) is 0 Å². The van der Waals surface area contributed by atoms with Crippen molar-refractivity contribution in [2.24, 2.45) is 5.92 Å². The van der Waals surface area contributed by atoms with Crippen LogP contribution < -0.4 is 15.5 Å². The lowest BCUT2D eigenvalue weighted by Gasteiger charge is -2.33. The van der Waals surface area contributed by atoms with Gasteiger partial charge in [0, 0.05) is 50.9 Å². The molecule has 0 radical (unpaired) electrons. The number of hydrogen-bond donors (Lipinski definition) is 3. The zero-order valence-electron chi connectivity index (χ0n) is 17.6. The summed E-state index contributed by atoms with van der Waals surface area (Å²) in [5.41, 5.74) is 4.23. The third-order valence-corrected chi connectivity index (χ3v) is 5.76. The summed E-state index contributed by atoms with van der Waals surface area (Å²) in [6.45, 7) is 3.17. The minimum Gasteiger partial charge on any atom is -0.396 e. The van der Waals surface area contributed by atoms with Crippen molar-refractivity contribution in [3.05, 3.63) is 78.1 Å². The second-order valence-corrected chi connectivity index (χ2v) is 7.94. The number of nitrogens with zero attached hydrogens (tertiary/aromatic N) is 3. The molecule has 1 aromatic heterocycles. The largest absolute Gasteiger partial charge is 0.396 e. The first-order valence-electron chi connectivity index (χ1n) is 10.8. The first-order chi connectivity index (χ1) is 15.2. The van der Waals surface area contributed by atoms with Crippen LogP contribution in [0.5, 0.6) is 0 Å². The molecule has 0 spiro atoms. The van der Waals surface area contributed by atoms with Gasteiger partial charge in [-0.25, -0.2) is 9.48 Å². The standard InChI is InChI=1S/C24H29N5O2/c30-18-20-9-13-28(14-10-20)22-7-5-19(6-8-22)16-25-24(31)26-17-21-3-1-4-23(15-21)29-12-2-11-27-29/h1-8,11-12,15,20,30H,9-10,13-14,16-18H2,(H2,25,26,31). The highest BCUT2D eigenvalue weighted by Crippen LogP contribution is 2.23. The number of anilines is 1. The molecule has 2 aromatic carbocycles. The Hall–Kier alpha value is -3.32. The van der Waals surface area contributed by atoms with E-state index in [1.54, 1.807) is 10.9 Å². The lowest BCUT2D eigenvalue weighted by atomic mass is 9.97. The summed E-state index contributed by atoms with van der Waals surface area (Å²) >= 11 is 0. The van der Waals surface area contributed by atoms with Crippen LogP contribution in [-0.2, 0) is 13.1 Å². The Kier molecular flexibility index (Phi) is 6.84. The van der Waals surface area contributed by atoms with Gasteiger partial charge in [0.25, 0.3) is 0 Å². The van der Waals surface area contributed by atoms with Gasteiger partial charge >= 0.3 is 6.03 Å². The molecule has 4 rings (SSSR count). The number of nitrogens with one attached hydrogen (secondary N) is 2. The highest BCUT2D eigenvalue weighted by atomic mass is 16.3. The molecule has 7 heteroatoms. The molecule has 0 bridgehead atoms. The van der Waals surface area contributed by atoms with Crippen LogP contribution in [0.4, 0.5) is 10.5 Å². The van der Waals surface area contributed by atoms with E-state index >= 15 is 0 Å². The average Bonchev–Trinajstić information content (AvgIpc) is 3.37. The van der Waals surface area contributed by atoms with E-state index in [2.05, 4.69) is 44.9 Å². The van der Waals surface area contributed by atoms with Crippen molar-refractivity contribution in [1.82, 2.24) is 20.4 Å². The zero-order valence-corrected chi connectivity index (χ0v) is 17.6. The van der Waals surface area contributed by atoms with E-state index in [4.69, 9.17) is 0 Å². The fourth-order valence-corrected chi connectivity index (χ4v) is 3.86. The van der Waals surface area contributed by atoms with Crippen LogP contribution in [0.2, 0.25) is 0 Å². The van der Waals surface area contributed by atoms with E-state index in [1.165, 1.54) is 5.69 Å². The number of piperidine rings is 1. The minimum atomic E-state index is -0.195. The topological polar surface area (TPSA) is 82.4 Å². The SMILES string of the molecule is O=C(NCc1ccc(N2CCC(CO)CC2)cc1)NCc1cccc(-n2cccn2)c1. The van der Waals surface area contributed by atoms with Gasteiger partial charge in [-0.15, -0.1) is 0 Å². The third kappa shape index (κ3) is 5.64. The zero-order chi connectivity index (χ0) is 21.5. The molecule has 1 saturated heterocycles. The number of carbonyl (C=O) groups excluding carboxylic acids is 1. The molecule has 1 fully saturated rings. The smallest absolute Gasteiger partial charge is 0.315 e. The highest BCUT2D eigenvalue weighted by Gasteiger charge is 2.18. The number of urea groups is 1. The van der Waals surface area contributed by atoms with E-state index in [-0.39, 0.29) is 12.6 Å². The molecule has 31 heavy (non-hydrogen) atoms. The second kappa shape index (κ2) is 10.1. The van der Waals surface area contributed by atoms with Crippen LogP contribution in [-0.4, -0.2) is 40.6 Å². The van der Waals surface area contributed by atoms with Crippen molar-refractivity contribution >= 4 is 11.7 Å². The summed E-state index contributed by atoms with van der Waals surface area (Å²) in [6, 6.07) is 17.9. The van der Waals surface area contributed by atoms with Gasteiger partial charge in [0.05, 0.1) is 5.69 Å². The number of amides is 2. The van der Waals surface area contributed by atoms with Gasteiger partial charge in [0.2, 0.25) is 0 Å². The Morgan fingerprint density at radius 2 is 1.71 bits per heavy atom. The van der Waals surface area contributed by atoms with Gasteiger partial charge in [-0.3, -0.25) is 0 Å². The van der Waals surface area contributed by atoms with Crippen LogP contribution in [0.15, 0.2) is 67.0 Å². The number of carbonyl (C=O) groups is 1. The molecule has 7 nitrogen and oxygen atoms in total. The maximum Gasteiger partial charge on any atom is 0.315 e. The Morgan fingerprint density at radius 1 is 0.968 bits per heavy atom. The van der Waals surface area contributed by atoms with E-state index in [9.17, 15) is 9.90 Å². The van der Waals surface area contributed by atoms with Crippen molar-refractivity contribution in [3.8, 4) is 5.69 Å². The summed E-state index contributed by atoms with van der Waals surface area (Å²) < 4.78 is 1.79. The molecule has 2 amide bonds. The molecule has 0 saturated carbocycles. The van der Waals surface area contributed by atoms with Crippen LogP contribution in [0.25, 0.3) is 5.69 Å². The summed E-state index contributed by atoms with van der Waals surface area (Å²) in [5, 5.41) is 19.3. The molecule has 0 aliphatic carbocycles. The quantitative estimate of drug-likeness (QED) is 0.550. The molecule has 0 unspecified atom stereocenters. The van der Waals surface area contributed by atoms with E-state index in [1.807, 2.05) is 36.5 Å². The predicted molar refractivity (Wildman–Crippen MR) is 121 cm³/mol. The van der Waals surface area contributed by atoms with E-state index in [0.717, 1.165) is 42.7 Å². The van der Waals surface area contributed by atoms with Crippen LogP contribution in [0, 0.1) is 5.92 Å². The predicted octanol–water partition coefficient (Wildman–Crippen LogP) is 3.08. The molecule has 162 valence electrons. The first kappa shape index (κ1) is 20.9. The molecule has 3 N–H and O–H groups in total. The minimum absolute atomic E-state index is 0.195. The van der Waals surface area contributed by atoms with E-state index < -0.39 is 0 Å². The summed E-state index contributed by atoms with van der Waals surface area (Å²) in [4.78, 5) is 14.6. The van der Waals surface area contributed by atoms with Gasteiger partial charge < -0.3 is 20.6 Å². The maximum absolute atomic E-state index is 12.2. The molecule has 2 heterocycles. The lowest BCUT2D eigenvalue weighted by Crippen LogP contribution is -2.35. The number of benzene rings is 2. The summed E-state index contributed by atoms with van der Waals surface area (Å²) in [5.74, 6) is 0.436. The Balaban J connectivity index is 1.22. The Morgan fingerprint density at radius 3 is 2.39 bits per heavy atom. The van der Waals surface area contributed by atoms with Crippen molar-refractivity contribution in [2.75, 3.05) is 24.6 Å². The summed E-state index contributed by atoms with van der Waals surface area (Å²) in [7, 11) is 0. The van der Waals surface area contributed by atoms with Crippen molar-refractivity contribution < 1.29 is 9.90 Å². The van der Waals surface area contributed by atoms with Gasteiger partial charge in [-0.05, 0) is 60.2 Å². The number of aromatic nitrogens is 2. The van der Waals surface area contributed by atoms with Crippen LogP contribution >= 0.6 is 0 Å². The third-order valence-electron chi connectivity index (χ3n) is 5.76. The molecule has 0 atom stereocenters. The fraction of sp³-hybridized carbons (Fsp3) is 0.333. The van der Waals surface area contributed by atoms with Crippen LogP contribution in [0.1, 0.15) is 24.0 Å². The average molecular weight is 420 g/mol. The molecular weight excluding hydrogens is 390 g/mol. The van der Waals surface area contributed by atoms with Crippen LogP contribution in [0.3, 0.4) is 0 Å². The Bertz CT molecular complexity index is 964. The van der Waals surface area contributed by atoms with Gasteiger partial charge in [-0.1, -0.05) is 24.3 Å². The van der Waals surface area contributed by atoms with Crippen molar-refractivity contribution in [2.45, 2.75) is 25.9 Å². The maximum atomic E-state index is 12.2. The van der Waals surface area contributed by atoms with Gasteiger partial charge in [0.15, 0.2) is 0 Å². The highest BCUT2D eigenvalue weighted by molar-refractivity contribution is 5.73. The van der Waals surface area contributed by atoms with Crippen molar-refractivity contribution in [1.29, 1.82) is 0 Å².